The molecule has 3 heteroatoms. The molecular weight excluding hydrogens is 224 g/mol. The Morgan fingerprint density at radius 3 is 2.67 bits per heavy atom. The van der Waals surface area contributed by atoms with E-state index < -0.39 is 0 Å². The standard InChI is InChI=1S/C15H26N2O/c18-15(13-14-7-3-4-8-14)16-9-12-17-10-5-1-2-6-11-17/h3,7,14H,1-2,4-6,8-13H2,(H,16,18)/t14-/m1/s1. The third-order valence-electron chi connectivity index (χ3n) is 4.01. The van der Waals surface area contributed by atoms with Crippen LogP contribution in [-0.4, -0.2) is 37.0 Å². The third kappa shape index (κ3) is 4.81. The second-order valence-electron chi connectivity index (χ2n) is 5.58. The van der Waals surface area contributed by atoms with E-state index >= 15 is 0 Å². The number of likely N-dealkylation sites (tertiary alicyclic amines) is 1. The van der Waals surface area contributed by atoms with Crippen molar-refractivity contribution in [1.29, 1.82) is 0 Å². The molecule has 0 radical (unpaired) electrons. The number of carbonyl (C=O) groups is 1. The van der Waals surface area contributed by atoms with Gasteiger partial charge < -0.3 is 10.2 Å². The zero-order valence-corrected chi connectivity index (χ0v) is 11.4. The first kappa shape index (κ1) is 13.6. The summed E-state index contributed by atoms with van der Waals surface area (Å²) in [6, 6.07) is 0. The Morgan fingerprint density at radius 2 is 2.00 bits per heavy atom. The molecule has 0 aromatic carbocycles. The van der Waals surface area contributed by atoms with Crippen LogP contribution >= 0.6 is 0 Å². The second-order valence-corrected chi connectivity index (χ2v) is 5.58. The molecule has 102 valence electrons. The van der Waals surface area contributed by atoms with Crippen LogP contribution in [0.2, 0.25) is 0 Å². The highest BCUT2D eigenvalue weighted by Gasteiger charge is 2.14. The van der Waals surface area contributed by atoms with Gasteiger partial charge in [0.15, 0.2) is 0 Å². The molecule has 2 aliphatic rings. The van der Waals surface area contributed by atoms with Crippen LogP contribution in [0.15, 0.2) is 12.2 Å². The fourth-order valence-corrected chi connectivity index (χ4v) is 2.89. The number of allylic oxidation sites excluding steroid dienone is 2. The molecule has 0 bridgehead atoms. The maximum absolute atomic E-state index is 11.7. The van der Waals surface area contributed by atoms with E-state index in [9.17, 15) is 4.79 Å². The molecule has 3 nitrogen and oxygen atoms in total. The molecule has 18 heavy (non-hydrogen) atoms. The number of carbonyl (C=O) groups excluding carboxylic acids is 1. The Labute approximate surface area is 111 Å². The number of hydrogen-bond acceptors (Lipinski definition) is 2. The topological polar surface area (TPSA) is 32.3 Å². The fraction of sp³-hybridized carbons (Fsp3) is 0.800. The lowest BCUT2D eigenvalue weighted by atomic mass is 10.1. The Balaban J connectivity index is 1.56. The minimum absolute atomic E-state index is 0.223. The predicted octanol–water partition coefficient (Wildman–Crippen LogP) is 2.33. The quantitative estimate of drug-likeness (QED) is 0.760. The maximum Gasteiger partial charge on any atom is 0.220 e. The van der Waals surface area contributed by atoms with Crippen molar-refractivity contribution >= 4 is 5.91 Å². The van der Waals surface area contributed by atoms with Gasteiger partial charge in [0.1, 0.15) is 0 Å². The summed E-state index contributed by atoms with van der Waals surface area (Å²) in [4.78, 5) is 14.2. The van der Waals surface area contributed by atoms with E-state index in [0.717, 1.165) is 25.9 Å². The smallest absolute Gasteiger partial charge is 0.220 e. The SMILES string of the molecule is O=C(C[C@@H]1C=CCC1)NCCN1CCCCCC1. The van der Waals surface area contributed by atoms with Gasteiger partial charge in [-0.3, -0.25) is 4.79 Å². The minimum Gasteiger partial charge on any atom is -0.355 e. The number of amides is 1. The normalized spacial score (nSPS) is 25.0. The molecule has 1 aliphatic heterocycles. The summed E-state index contributed by atoms with van der Waals surface area (Å²) in [6.07, 6.45) is 12.7. The van der Waals surface area contributed by atoms with Crippen LogP contribution in [-0.2, 0) is 4.79 Å². The van der Waals surface area contributed by atoms with Crippen LogP contribution in [0.3, 0.4) is 0 Å². The highest BCUT2D eigenvalue weighted by molar-refractivity contribution is 5.76. The summed E-state index contributed by atoms with van der Waals surface area (Å²) < 4.78 is 0. The summed E-state index contributed by atoms with van der Waals surface area (Å²) in [5, 5.41) is 3.06. The fourth-order valence-electron chi connectivity index (χ4n) is 2.89. The van der Waals surface area contributed by atoms with Crippen LogP contribution in [0.1, 0.15) is 44.9 Å². The Hall–Kier alpha value is -0.830. The molecule has 1 N–H and O–H groups in total. The molecule has 2 rings (SSSR count). The Morgan fingerprint density at radius 1 is 1.22 bits per heavy atom. The highest BCUT2D eigenvalue weighted by Crippen LogP contribution is 2.19. The van der Waals surface area contributed by atoms with Crippen molar-refractivity contribution in [2.75, 3.05) is 26.2 Å². The van der Waals surface area contributed by atoms with E-state index in [0.29, 0.717) is 12.3 Å². The zero-order valence-electron chi connectivity index (χ0n) is 11.4. The van der Waals surface area contributed by atoms with Crippen LogP contribution in [0.5, 0.6) is 0 Å². The van der Waals surface area contributed by atoms with Crippen molar-refractivity contribution in [3.8, 4) is 0 Å². The van der Waals surface area contributed by atoms with E-state index in [1.54, 1.807) is 0 Å². The molecule has 1 atom stereocenters. The average Bonchev–Trinajstić information content (AvgIpc) is 2.72. The molecule has 0 saturated carbocycles. The Kier molecular flexibility index (Phi) is 5.72. The van der Waals surface area contributed by atoms with Gasteiger partial charge in [-0.2, -0.15) is 0 Å². The van der Waals surface area contributed by atoms with Crippen molar-refractivity contribution < 1.29 is 4.79 Å². The van der Waals surface area contributed by atoms with Crippen molar-refractivity contribution in [2.45, 2.75) is 44.9 Å². The van der Waals surface area contributed by atoms with Crippen molar-refractivity contribution in [2.24, 2.45) is 5.92 Å². The first-order chi connectivity index (χ1) is 8.84. The highest BCUT2D eigenvalue weighted by atomic mass is 16.1. The lowest BCUT2D eigenvalue weighted by molar-refractivity contribution is -0.121. The van der Waals surface area contributed by atoms with Gasteiger partial charge in [-0.15, -0.1) is 0 Å². The van der Waals surface area contributed by atoms with Crippen molar-refractivity contribution in [3.05, 3.63) is 12.2 Å². The van der Waals surface area contributed by atoms with E-state index in [4.69, 9.17) is 0 Å². The van der Waals surface area contributed by atoms with Gasteiger partial charge in [0.25, 0.3) is 0 Å². The van der Waals surface area contributed by atoms with Gasteiger partial charge in [0, 0.05) is 19.5 Å². The van der Waals surface area contributed by atoms with Gasteiger partial charge in [-0.25, -0.2) is 0 Å². The average molecular weight is 250 g/mol. The lowest BCUT2D eigenvalue weighted by Crippen LogP contribution is -2.35. The summed E-state index contributed by atoms with van der Waals surface area (Å²) in [7, 11) is 0. The summed E-state index contributed by atoms with van der Waals surface area (Å²) in [5.74, 6) is 0.713. The third-order valence-corrected chi connectivity index (χ3v) is 4.01. The lowest BCUT2D eigenvalue weighted by Gasteiger charge is -2.19. The molecule has 0 aromatic rings. The molecule has 1 heterocycles. The molecule has 0 aromatic heterocycles. The van der Waals surface area contributed by atoms with E-state index in [2.05, 4.69) is 22.4 Å². The summed E-state index contributed by atoms with van der Waals surface area (Å²) in [6.45, 7) is 4.25. The van der Waals surface area contributed by atoms with E-state index in [1.807, 2.05) is 0 Å². The monoisotopic (exact) mass is 250 g/mol. The summed E-state index contributed by atoms with van der Waals surface area (Å²) in [5.41, 5.74) is 0. The predicted molar refractivity (Wildman–Crippen MR) is 74.4 cm³/mol. The summed E-state index contributed by atoms with van der Waals surface area (Å²) >= 11 is 0. The number of nitrogens with one attached hydrogen (secondary N) is 1. The second kappa shape index (κ2) is 7.57. The van der Waals surface area contributed by atoms with Gasteiger partial charge in [0.2, 0.25) is 5.91 Å². The number of hydrogen-bond donors (Lipinski definition) is 1. The maximum atomic E-state index is 11.7. The molecule has 1 aliphatic carbocycles. The molecule has 0 spiro atoms. The number of nitrogens with zero attached hydrogens (tertiary/aromatic N) is 1. The molecule has 1 amide bonds. The zero-order chi connectivity index (χ0) is 12.6. The van der Waals surface area contributed by atoms with Crippen LogP contribution < -0.4 is 5.32 Å². The number of rotatable bonds is 5. The van der Waals surface area contributed by atoms with Crippen LogP contribution in [0, 0.1) is 5.92 Å². The molecule has 1 fully saturated rings. The van der Waals surface area contributed by atoms with Crippen molar-refractivity contribution in [3.63, 3.8) is 0 Å². The largest absolute Gasteiger partial charge is 0.355 e. The van der Waals surface area contributed by atoms with Gasteiger partial charge in [-0.05, 0) is 44.7 Å². The Bertz CT molecular complexity index is 280. The molecular formula is C15H26N2O. The van der Waals surface area contributed by atoms with Gasteiger partial charge in [-0.1, -0.05) is 25.0 Å². The van der Waals surface area contributed by atoms with E-state index in [1.165, 1.54) is 38.8 Å². The van der Waals surface area contributed by atoms with Crippen LogP contribution in [0.4, 0.5) is 0 Å². The first-order valence-electron chi connectivity index (χ1n) is 7.50. The van der Waals surface area contributed by atoms with Gasteiger partial charge >= 0.3 is 0 Å². The van der Waals surface area contributed by atoms with Crippen molar-refractivity contribution in [1.82, 2.24) is 10.2 Å². The molecule has 0 unspecified atom stereocenters. The van der Waals surface area contributed by atoms with Gasteiger partial charge in [0.05, 0.1) is 0 Å². The van der Waals surface area contributed by atoms with E-state index in [-0.39, 0.29) is 5.91 Å². The minimum atomic E-state index is 0.223. The van der Waals surface area contributed by atoms with Crippen LogP contribution in [0.25, 0.3) is 0 Å². The molecule has 1 saturated heterocycles. The first-order valence-corrected chi connectivity index (χ1v) is 7.50.